The van der Waals surface area contributed by atoms with Crippen LogP contribution in [0.4, 0.5) is 10.1 Å². The molecule has 3 rings (SSSR count). The standard InChI is InChI=1S/C23H30ClFN4O/c1-3-26-23(28-16(2)18-5-4-6-19(24)14-18)27-15-17-7-8-22(21(25)13-17)29-11-9-20(30)10-12-29/h4-8,13-14,16,20,30H,3,9-12,15H2,1-2H3,(H2,26,27,28). The molecule has 7 heteroatoms. The molecule has 2 aromatic rings. The first-order chi connectivity index (χ1) is 14.5. The predicted octanol–water partition coefficient (Wildman–Crippen LogP) is 4.26. The molecule has 1 aliphatic rings. The van der Waals surface area contributed by atoms with Crippen molar-refractivity contribution in [3.05, 3.63) is 64.4 Å². The van der Waals surface area contributed by atoms with Crippen molar-refractivity contribution in [1.82, 2.24) is 10.6 Å². The predicted molar refractivity (Wildman–Crippen MR) is 122 cm³/mol. The van der Waals surface area contributed by atoms with Crippen LogP contribution in [0.25, 0.3) is 0 Å². The van der Waals surface area contributed by atoms with Crippen molar-refractivity contribution in [2.24, 2.45) is 4.99 Å². The highest BCUT2D eigenvalue weighted by atomic mass is 35.5. The minimum atomic E-state index is -0.274. The largest absolute Gasteiger partial charge is 0.393 e. The lowest BCUT2D eigenvalue weighted by Crippen LogP contribution is -2.38. The Morgan fingerprint density at radius 1 is 1.27 bits per heavy atom. The molecule has 0 saturated carbocycles. The second-order valence-electron chi connectivity index (χ2n) is 7.62. The van der Waals surface area contributed by atoms with Gasteiger partial charge in [0.15, 0.2) is 5.96 Å². The number of hydrogen-bond donors (Lipinski definition) is 3. The van der Waals surface area contributed by atoms with E-state index >= 15 is 0 Å². The first-order valence-electron chi connectivity index (χ1n) is 10.5. The summed E-state index contributed by atoms with van der Waals surface area (Å²) < 4.78 is 14.7. The van der Waals surface area contributed by atoms with Gasteiger partial charge >= 0.3 is 0 Å². The number of nitrogens with zero attached hydrogens (tertiary/aromatic N) is 2. The zero-order valence-electron chi connectivity index (χ0n) is 17.5. The van der Waals surface area contributed by atoms with Crippen LogP contribution in [0.5, 0.6) is 0 Å². The van der Waals surface area contributed by atoms with E-state index < -0.39 is 0 Å². The first kappa shape index (κ1) is 22.4. The number of nitrogens with one attached hydrogen (secondary N) is 2. The summed E-state index contributed by atoms with van der Waals surface area (Å²) in [6, 6.07) is 13.0. The zero-order valence-corrected chi connectivity index (χ0v) is 18.3. The Morgan fingerprint density at radius 3 is 2.70 bits per heavy atom. The summed E-state index contributed by atoms with van der Waals surface area (Å²) >= 11 is 6.09. The molecule has 0 aliphatic carbocycles. The third-order valence-electron chi connectivity index (χ3n) is 5.28. The molecular formula is C23H30ClFN4O. The number of aliphatic hydroxyl groups excluding tert-OH is 1. The molecule has 0 aromatic heterocycles. The van der Waals surface area contributed by atoms with Crippen LogP contribution in [0.3, 0.4) is 0 Å². The highest BCUT2D eigenvalue weighted by Crippen LogP contribution is 2.24. The van der Waals surface area contributed by atoms with E-state index in [4.69, 9.17) is 11.6 Å². The molecule has 5 nitrogen and oxygen atoms in total. The van der Waals surface area contributed by atoms with Crippen LogP contribution in [0, 0.1) is 5.82 Å². The minimum Gasteiger partial charge on any atom is -0.393 e. The van der Waals surface area contributed by atoms with E-state index in [1.165, 1.54) is 0 Å². The van der Waals surface area contributed by atoms with Crippen LogP contribution in [-0.4, -0.2) is 36.8 Å². The Balaban J connectivity index is 1.66. The van der Waals surface area contributed by atoms with Crippen molar-refractivity contribution in [1.29, 1.82) is 0 Å². The first-order valence-corrected chi connectivity index (χ1v) is 10.9. The van der Waals surface area contributed by atoms with Crippen molar-refractivity contribution in [2.45, 2.75) is 45.4 Å². The van der Waals surface area contributed by atoms with Crippen molar-refractivity contribution >= 4 is 23.2 Å². The van der Waals surface area contributed by atoms with Gasteiger partial charge in [-0.1, -0.05) is 29.8 Å². The highest BCUT2D eigenvalue weighted by Gasteiger charge is 2.19. The van der Waals surface area contributed by atoms with Gasteiger partial charge in [0.25, 0.3) is 0 Å². The van der Waals surface area contributed by atoms with E-state index in [9.17, 15) is 9.50 Å². The number of piperidine rings is 1. The number of guanidine groups is 1. The molecule has 2 aromatic carbocycles. The molecule has 162 valence electrons. The highest BCUT2D eigenvalue weighted by molar-refractivity contribution is 6.30. The lowest BCUT2D eigenvalue weighted by atomic mass is 10.1. The van der Waals surface area contributed by atoms with E-state index in [2.05, 4.69) is 15.6 Å². The second-order valence-corrected chi connectivity index (χ2v) is 8.06. The van der Waals surface area contributed by atoms with Crippen LogP contribution >= 0.6 is 11.6 Å². The molecular weight excluding hydrogens is 403 g/mol. The van der Waals surface area contributed by atoms with Crippen LogP contribution in [0.1, 0.15) is 43.9 Å². The lowest BCUT2D eigenvalue weighted by Gasteiger charge is -2.31. The molecule has 1 unspecified atom stereocenters. The van der Waals surface area contributed by atoms with E-state index in [1.807, 2.05) is 55.1 Å². The Labute approximate surface area is 183 Å². The van der Waals surface area contributed by atoms with Gasteiger partial charge in [0, 0.05) is 24.7 Å². The number of rotatable bonds is 6. The van der Waals surface area contributed by atoms with Gasteiger partial charge in [0.05, 0.1) is 24.4 Å². The van der Waals surface area contributed by atoms with E-state index in [1.54, 1.807) is 6.07 Å². The maximum Gasteiger partial charge on any atom is 0.192 e. The van der Waals surface area contributed by atoms with Gasteiger partial charge in [-0.3, -0.25) is 0 Å². The number of benzene rings is 2. The summed E-state index contributed by atoms with van der Waals surface area (Å²) in [7, 11) is 0. The fourth-order valence-electron chi connectivity index (χ4n) is 3.57. The van der Waals surface area contributed by atoms with Gasteiger partial charge in [0.2, 0.25) is 0 Å². The Bertz CT molecular complexity index is 868. The minimum absolute atomic E-state index is 0.0232. The molecule has 3 N–H and O–H groups in total. The molecule has 1 aliphatic heterocycles. The second kappa shape index (κ2) is 10.6. The SMILES string of the molecule is CCNC(=NCc1ccc(N2CCC(O)CC2)c(F)c1)NC(C)c1cccc(Cl)c1. The summed E-state index contributed by atoms with van der Waals surface area (Å²) in [6.07, 6.45) is 1.08. The summed E-state index contributed by atoms with van der Waals surface area (Å²) in [6.45, 7) is 6.49. The summed E-state index contributed by atoms with van der Waals surface area (Å²) in [5.74, 6) is 0.420. The summed E-state index contributed by atoms with van der Waals surface area (Å²) in [4.78, 5) is 6.61. The third kappa shape index (κ3) is 6.09. The van der Waals surface area contributed by atoms with E-state index in [0.717, 1.165) is 17.7 Å². The Kier molecular flexibility index (Phi) is 7.94. The van der Waals surface area contributed by atoms with Crippen LogP contribution in [0.15, 0.2) is 47.5 Å². The number of anilines is 1. The van der Waals surface area contributed by atoms with E-state index in [0.29, 0.717) is 49.1 Å². The van der Waals surface area contributed by atoms with Crippen molar-refractivity contribution in [3.63, 3.8) is 0 Å². The summed E-state index contributed by atoms with van der Waals surface area (Å²) in [5, 5.41) is 16.9. The van der Waals surface area contributed by atoms with Gasteiger partial charge in [-0.2, -0.15) is 0 Å². The fourth-order valence-corrected chi connectivity index (χ4v) is 3.77. The fraction of sp³-hybridized carbons (Fsp3) is 0.435. The van der Waals surface area contributed by atoms with Gasteiger partial charge in [-0.05, 0) is 62.1 Å². The quantitative estimate of drug-likeness (QED) is 0.471. The third-order valence-corrected chi connectivity index (χ3v) is 5.52. The molecule has 0 radical (unpaired) electrons. The number of aliphatic imine (C=N–C) groups is 1. The van der Waals surface area contributed by atoms with Gasteiger partial charge in [-0.15, -0.1) is 0 Å². The van der Waals surface area contributed by atoms with Gasteiger partial charge in [-0.25, -0.2) is 9.38 Å². The lowest BCUT2D eigenvalue weighted by molar-refractivity contribution is 0.145. The van der Waals surface area contributed by atoms with Crippen molar-refractivity contribution in [3.8, 4) is 0 Å². The Hall–Kier alpha value is -2.31. The average molecular weight is 433 g/mol. The molecule has 1 fully saturated rings. The molecule has 30 heavy (non-hydrogen) atoms. The van der Waals surface area contributed by atoms with Crippen molar-refractivity contribution in [2.75, 3.05) is 24.5 Å². The maximum absolute atomic E-state index is 14.7. The molecule has 0 bridgehead atoms. The van der Waals surface area contributed by atoms with E-state index in [-0.39, 0.29) is 18.0 Å². The molecule has 0 spiro atoms. The van der Waals surface area contributed by atoms with Crippen LogP contribution in [-0.2, 0) is 6.54 Å². The van der Waals surface area contributed by atoms with Gasteiger partial charge < -0.3 is 20.6 Å². The van der Waals surface area contributed by atoms with Crippen LogP contribution in [0.2, 0.25) is 5.02 Å². The zero-order chi connectivity index (χ0) is 21.5. The smallest absolute Gasteiger partial charge is 0.192 e. The molecule has 1 heterocycles. The Morgan fingerprint density at radius 2 is 2.03 bits per heavy atom. The normalized spacial score (nSPS) is 16.4. The van der Waals surface area contributed by atoms with Gasteiger partial charge in [0.1, 0.15) is 5.82 Å². The number of halogens is 2. The molecule has 1 saturated heterocycles. The maximum atomic E-state index is 14.7. The molecule has 0 amide bonds. The summed E-state index contributed by atoms with van der Waals surface area (Å²) in [5.41, 5.74) is 2.46. The van der Waals surface area contributed by atoms with Crippen LogP contribution < -0.4 is 15.5 Å². The molecule has 1 atom stereocenters. The number of aliphatic hydroxyl groups is 1. The number of hydrogen-bond acceptors (Lipinski definition) is 3. The monoisotopic (exact) mass is 432 g/mol. The van der Waals surface area contributed by atoms with Crippen molar-refractivity contribution < 1.29 is 9.50 Å². The average Bonchev–Trinajstić information content (AvgIpc) is 2.73. The topological polar surface area (TPSA) is 59.9 Å².